The van der Waals surface area contributed by atoms with Gasteiger partial charge in [0.1, 0.15) is 23.9 Å². The molecular formula is C31H47N9O5. The molecule has 4 atom stereocenters. The Morgan fingerprint density at radius 1 is 0.800 bits per heavy atom. The first-order valence-corrected chi connectivity index (χ1v) is 14.9. The summed E-state index contributed by atoms with van der Waals surface area (Å²) in [5.41, 5.74) is 31.3. The number of hydrogen-bond donors (Lipinski definition) is 9. The summed E-state index contributed by atoms with van der Waals surface area (Å²) in [6.07, 6.45) is 1.44. The van der Waals surface area contributed by atoms with Gasteiger partial charge in [-0.1, -0.05) is 30.3 Å². The van der Waals surface area contributed by atoms with Crippen LogP contribution in [0.1, 0.15) is 47.9 Å². The van der Waals surface area contributed by atoms with E-state index in [2.05, 4.69) is 20.9 Å². The lowest BCUT2D eigenvalue weighted by atomic mass is 9.95. The second-order valence-corrected chi connectivity index (χ2v) is 11.0. The number of guanidine groups is 1. The Hall–Kier alpha value is -4.69. The van der Waals surface area contributed by atoms with E-state index < -0.39 is 47.8 Å². The van der Waals surface area contributed by atoms with Crippen molar-refractivity contribution in [1.82, 2.24) is 16.0 Å². The molecule has 2 aromatic rings. The molecule has 246 valence electrons. The molecular weight excluding hydrogens is 578 g/mol. The number of hydrogen-bond acceptors (Lipinski definition) is 8. The maximum atomic E-state index is 13.7. The van der Waals surface area contributed by atoms with E-state index in [1.54, 1.807) is 36.4 Å². The number of carbonyl (C=O) groups is 4. The summed E-state index contributed by atoms with van der Waals surface area (Å²) in [7, 11) is 0. The normalized spacial score (nSPS) is 13.5. The third-order valence-corrected chi connectivity index (χ3v) is 7.29. The van der Waals surface area contributed by atoms with Crippen LogP contribution in [-0.2, 0) is 32.0 Å². The van der Waals surface area contributed by atoms with Gasteiger partial charge in [-0.3, -0.25) is 24.2 Å². The Labute approximate surface area is 263 Å². The van der Waals surface area contributed by atoms with E-state index in [9.17, 15) is 24.3 Å². The Bertz CT molecular complexity index is 1310. The summed E-state index contributed by atoms with van der Waals surface area (Å²) < 4.78 is 0. The monoisotopic (exact) mass is 625 g/mol. The molecule has 0 spiro atoms. The minimum atomic E-state index is -1.10. The number of amides is 4. The van der Waals surface area contributed by atoms with Gasteiger partial charge in [0.15, 0.2) is 5.96 Å². The molecule has 0 heterocycles. The molecule has 0 saturated heterocycles. The van der Waals surface area contributed by atoms with Crippen molar-refractivity contribution >= 4 is 29.6 Å². The predicted octanol–water partition coefficient (Wildman–Crippen LogP) is -1.15. The molecule has 14 N–H and O–H groups in total. The molecule has 0 aliphatic rings. The average molecular weight is 626 g/mol. The lowest BCUT2D eigenvalue weighted by Gasteiger charge is -2.26. The zero-order chi connectivity index (χ0) is 33.5. The highest BCUT2D eigenvalue weighted by atomic mass is 16.3. The van der Waals surface area contributed by atoms with Crippen molar-refractivity contribution in [2.45, 2.75) is 76.5 Å². The van der Waals surface area contributed by atoms with Crippen molar-refractivity contribution in [3.63, 3.8) is 0 Å². The highest BCUT2D eigenvalue weighted by Crippen LogP contribution is 2.22. The molecule has 2 rings (SSSR count). The number of aryl methyl sites for hydroxylation is 2. The van der Waals surface area contributed by atoms with Gasteiger partial charge in [0.2, 0.25) is 23.6 Å². The van der Waals surface area contributed by atoms with Crippen molar-refractivity contribution in [3.05, 3.63) is 64.7 Å². The van der Waals surface area contributed by atoms with Crippen molar-refractivity contribution in [2.75, 3.05) is 13.1 Å². The molecule has 0 aliphatic heterocycles. The first-order valence-electron chi connectivity index (χ1n) is 14.9. The second-order valence-electron chi connectivity index (χ2n) is 11.0. The number of rotatable bonds is 18. The number of aromatic hydroxyl groups is 1. The van der Waals surface area contributed by atoms with E-state index in [0.29, 0.717) is 19.4 Å². The van der Waals surface area contributed by atoms with Crippen molar-refractivity contribution < 1.29 is 24.3 Å². The number of nitrogens with two attached hydrogens (primary N) is 5. The fraction of sp³-hybridized carbons (Fsp3) is 0.452. The Balaban J connectivity index is 2.28. The number of nitrogens with one attached hydrogen (secondary N) is 3. The van der Waals surface area contributed by atoms with Crippen molar-refractivity contribution in [1.29, 1.82) is 0 Å². The summed E-state index contributed by atoms with van der Waals surface area (Å²) in [4.78, 5) is 56.3. The van der Waals surface area contributed by atoms with Gasteiger partial charge in [0.25, 0.3) is 0 Å². The van der Waals surface area contributed by atoms with Gasteiger partial charge >= 0.3 is 0 Å². The van der Waals surface area contributed by atoms with Crippen LogP contribution in [0.4, 0.5) is 0 Å². The quantitative estimate of drug-likeness (QED) is 0.0549. The molecule has 14 heteroatoms. The second kappa shape index (κ2) is 18.2. The maximum Gasteiger partial charge on any atom is 0.243 e. The highest BCUT2D eigenvalue weighted by molar-refractivity contribution is 5.94. The van der Waals surface area contributed by atoms with Gasteiger partial charge < -0.3 is 49.7 Å². The van der Waals surface area contributed by atoms with Crippen LogP contribution in [0.25, 0.3) is 0 Å². The van der Waals surface area contributed by atoms with E-state index in [-0.39, 0.29) is 43.9 Å². The molecule has 4 amide bonds. The summed E-state index contributed by atoms with van der Waals surface area (Å²) in [6.45, 7) is 4.13. The number of phenols is 1. The first-order chi connectivity index (χ1) is 21.3. The largest absolute Gasteiger partial charge is 0.508 e. The third kappa shape index (κ3) is 12.4. The van der Waals surface area contributed by atoms with E-state index in [1.807, 2.05) is 19.9 Å². The van der Waals surface area contributed by atoms with Gasteiger partial charge in [0, 0.05) is 13.0 Å². The molecule has 0 radical (unpaired) electrons. The standard InChI is InChI=1S/C31H47N9O5/c1-18-14-21(41)15-19(2)22(18)17-23(33)28(43)39-25(11-7-13-37-31(35)36)29(44)40-26(16-20-8-4-3-5-9-20)30(45)38-24(27(34)42)10-6-12-32/h3-5,8-9,14-15,23-26,41H,6-7,10-13,16-17,32-33H2,1-2H3,(H2,34,42)(H,38,45)(H,39,43)(H,40,44)(H4,35,36,37). The van der Waals surface area contributed by atoms with Crippen LogP contribution < -0.4 is 44.6 Å². The van der Waals surface area contributed by atoms with Crippen LogP contribution >= 0.6 is 0 Å². The Kier molecular flexibility index (Phi) is 14.8. The van der Waals surface area contributed by atoms with Crippen LogP contribution in [0.2, 0.25) is 0 Å². The molecule has 0 aliphatic carbocycles. The molecule has 0 fully saturated rings. The van der Waals surface area contributed by atoms with Crippen molar-refractivity contribution in [2.24, 2.45) is 33.7 Å². The topological polar surface area (TPSA) is 267 Å². The summed E-state index contributed by atoms with van der Waals surface area (Å²) >= 11 is 0. The Morgan fingerprint density at radius 2 is 1.36 bits per heavy atom. The predicted molar refractivity (Wildman–Crippen MR) is 173 cm³/mol. The Morgan fingerprint density at radius 3 is 1.93 bits per heavy atom. The molecule has 0 bridgehead atoms. The zero-order valence-corrected chi connectivity index (χ0v) is 25.9. The number of benzene rings is 2. The highest BCUT2D eigenvalue weighted by Gasteiger charge is 2.30. The summed E-state index contributed by atoms with van der Waals surface area (Å²) in [5.74, 6) is -2.55. The summed E-state index contributed by atoms with van der Waals surface area (Å²) in [6, 6.07) is 8.00. The van der Waals surface area contributed by atoms with Crippen LogP contribution in [0.15, 0.2) is 47.5 Å². The smallest absolute Gasteiger partial charge is 0.243 e. The average Bonchev–Trinajstić information content (AvgIpc) is 2.98. The van der Waals surface area contributed by atoms with Crippen LogP contribution in [0.5, 0.6) is 5.75 Å². The van der Waals surface area contributed by atoms with E-state index in [4.69, 9.17) is 28.7 Å². The van der Waals surface area contributed by atoms with Gasteiger partial charge in [0.05, 0.1) is 6.04 Å². The van der Waals surface area contributed by atoms with Gasteiger partial charge in [-0.15, -0.1) is 0 Å². The summed E-state index contributed by atoms with van der Waals surface area (Å²) in [5, 5.41) is 17.9. The van der Waals surface area contributed by atoms with E-state index >= 15 is 0 Å². The van der Waals surface area contributed by atoms with E-state index in [0.717, 1.165) is 22.3 Å². The molecule has 2 aromatic carbocycles. The minimum absolute atomic E-state index is 0.106. The number of nitrogens with zero attached hydrogens (tertiary/aromatic N) is 1. The van der Waals surface area contributed by atoms with Crippen LogP contribution in [0.3, 0.4) is 0 Å². The molecule has 14 nitrogen and oxygen atoms in total. The molecule has 0 saturated carbocycles. The lowest BCUT2D eigenvalue weighted by Crippen LogP contribution is -2.58. The fourth-order valence-corrected chi connectivity index (χ4v) is 4.87. The van der Waals surface area contributed by atoms with E-state index in [1.165, 1.54) is 0 Å². The minimum Gasteiger partial charge on any atom is -0.508 e. The number of phenolic OH excluding ortho intramolecular Hbond substituents is 1. The fourth-order valence-electron chi connectivity index (χ4n) is 4.87. The number of aliphatic imine (C=N–C) groups is 1. The van der Waals surface area contributed by atoms with Gasteiger partial charge in [-0.25, -0.2) is 0 Å². The maximum absolute atomic E-state index is 13.7. The molecule has 45 heavy (non-hydrogen) atoms. The lowest BCUT2D eigenvalue weighted by molar-refractivity contribution is -0.133. The van der Waals surface area contributed by atoms with Crippen LogP contribution in [-0.4, -0.2) is 72.0 Å². The van der Waals surface area contributed by atoms with Gasteiger partial charge in [-0.2, -0.15) is 0 Å². The first kappa shape index (κ1) is 36.5. The third-order valence-electron chi connectivity index (χ3n) is 7.29. The van der Waals surface area contributed by atoms with Gasteiger partial charge in [-0.05, 0) is 86.9 Å². The van der Waals surface area contributed by atoms with Crippen LogP contribution in [0, 0.1) is 13.8 Å². The molecule has 0 aromatic heterocycles. The SMILES string of the molecule is Cc1cc(O)cc(C)c1CC(N)C(=O)NC(CCCN=C(N)N)C(=O)NC(Cc1ccccc1)C(=O)NC(CCCN)C(N)=O. The number of primary amides is 1. The zero-order valence-electron chi connectivity index (χ0n) is 25.9. The van der Waals surface area contributed by atoms with Crippen molar-refractivity contribution in [3.8, 4) is 5.75 Å². The number of carbonyl (C=O) groups excluding carboxylic acids is 4. The molecule has 4 unspecified atom stereocenters.